The lowest BCUT2D eigenvalue weighted by Crippen LogP contribution is -2.28. The Morgan fingerprint density at radius 1 is 1.32 bits per heavy atom. The van der Waals surface area contributed by atoms with Crippen LogP contribution in [0.25, 0.3) is 0 Å². The lowest BCUT2D eigenvalue weighted by Gasteiger charge is -2.27. The lowest BCUT2D eigenvalue weighted by molar-refractivity contribution is -0.137. The monoisotopic (exact) mass is 272 g/mol. The summed E-state index contributed by atoms with van der Waals surface area (Å²) < 4.78 is 39.4. The molecule has 2 N–H and O–H groups in total. The molecule has 0 aliphatic heterocycles. The molecule has 0 aromatic heterocycles. The highest BCUT2D eigenvalue weighted by atomic mass is 19.4. The normalized spacial score (nSPS) is 15.6. The minimum absolute atomic E-state index is 0.123. The molecule has 1 aliphatic rings. The van der Waals surface area contributed by atoms with E-state index in [2.05, 4.69) is 0 Å². The fraction of sp³-hybridized carbons (Fsp3) is 0.571. The topological polar surface area (TPSA) is 29.3 Å². The highest BCUT2D eigenvalue weighted by molar-refractivity contribution is 5.56. The maximum atomic E-state index is 13.1. The Bertz CT molecular complexity index is 439. The molecule has 0 radical (unpaired) electrons. The van der Waals surface area contributed by atoms with Gasteiger partial charge in [-0.05, 0) is 43.4 Å². The van der Waals surface area contributed by atoms with E-state index in [1.54, 1.807) is 12.1 Å². The van der Waals surface area contributed by atoms with Crippen molar-refractivity contribution in [1.29, 1.82) is 0 Å². The second-order valence-electron chi connectivity index (χ2n) is 5.04. The Labute approximate surface area is 111 Å². The van der Waals surface area contributed by atoms with Crippen LogP contribution in [-0.4, -0.2) is 13.1 Å². The van der Waals surface area contributed by atoms with Gasteiger partial charge < -0.3 is 10.6 Å². The van der Waals surface area contributed by atoms with Crippen LogP contribution in [0.2, 0.25) is 0 Å². The van der Waals surface area contributed by atoms with E-state index in [0.29, 0.717) is 24.6 Å². The summed E-state index contributed by atoms with van der Waals surface area (Å²) in [5, 5.41) is 0. The molecule has 106 valence electrons. The molecule has 1 saturated carbocycles. The Balaban J connectivity index is 2.35. The number of anilines is 1. The highest BCUT2D eigenvalue weighted by Crippen LogP contribution is 2.39. The summed E-state index contributed by atoms with van der Waals surface area (Å²) in [5.74, 6) is 0.551. The van der Waals surface area contributed by atoms with Crippen LogP contribution >= 0.6 is 0 Å². The summed E-state index contributed by atoms with van der Waals surface area (Å²) in [6.07, 6.45) is -2.09. The van der Waals surface area contributed by atoms with Gasteiger partial charge in [-0.3, -0.25) is 0 Å². The Morgan fingerprint density at radius 3 is 2.47 bits per heavy atom. The van der Waals surface area contributed by atoms with Crippen molar-refractivity contribution >= 4 is 5.69 Å². The highest BCUT2D eigenvalue weighted by Gasteiger charge is 2.36. The third kappa shape index (κ3) is 3.41. The van der Waals surface area contributed by atoms with E-state index >= 15 is 0 Å². The van der Waals surface area contributed by atoms with Gasteiger partial charge in [-0.25, -0.2) is 0 Å². The van der Waals surface area contributed by atoms with Gasteiger partial charge in [-0.15, -0.1) is 0 Å². The van der Waals surface area contributed by atoms with E-state index < -0.39 is 11.7 Å². The molecular formula is C14H19F3N2. The Kier molecular flexibility index (Phi) is 4.04. The van der Waals surface area contributed by atoms with Gasteiger partial charge in [0.15, 0.2) is 0 Å². The SMILES string of the molecule is CCN(CC1CC1)c1ccc(CN)cc1C(F)(F)F. The summed E-state index contributed by atoms with van der Waals surface area (Å²) in [6.45, 7) is 3.31. The average molecular weight is 272 g/mol. The second kappa shape index (κ2) is 5.41. The summed E-state index contributed by atoms with van der Waals surface area (Å²) in [5.41, 5.74) is 5.65. The summed E-state index contributed by atoms with van der Waals surface area (Å²) in [6, 6.07) is 4.40. The van der Waals surface area contributed by atoms with Crippen molar-refractivity contribution in [3.63, 3.8) is 0 Å². The second-order valence-corrected chi connectivity index (χ2v) is 5.04. The molecule has 1 aromatic carbocycles. The third-order valence-corrected chi connectivity index (χ3v) is 3.50. The molecule has 1 aromatic rings. The zero-order valence-corrected chi connectivity index (χ0v) is 11.0. The van der Waals surface area contributed by atoms with Crippen molar-refractivity contribution in [2.75, 3.05) is 18.0 Å². The van der Waals surface area contributed by atoms with Gasteiger partial charge in [-0.1, -0.05) is 6.07 Å². The maximum absolute atomic E-state index is 13.1. The van der Waals surface area contributed by atoms with Crippen LogP contribution in [-0.2, 0) is 12.7 Å². The summed E-state index contributed by atoms with van der Waals surface area (Å²) in [7, 11) is 0. The minimum Gasteiger partial charge on any atom is -0.371 e. The molecule has 1 fully saturated rings. The van der Waals surface area contributed by atoms with Crippen LogP contribution in [0.5, 0.6) is 0 Å². The first-order chi connectivity index (χ1) is 8.95. The van der Waals surface area contributed by atoms with E-state index in [-0.39, 0.29) is 12.2 Å². The van der Waals surface area contributed by atoms with E-state index in [9.17, 15) is 13.2 Å². The molecule has 0 bridgehead atoms. The van der Waals surface area contributed by atoms with Crippen LogP contribution in [0.1, 0.15) is 30.9 Å². The quantitative estimate of drug-likeness (QED) is 0.890. The summed E-state index contributed by atoms with van der Waals surface area (Å²) in [4.78, 5) is 1.82. The number of alkyl halides is 3. The van der Waals surface area contributed by atoms with E-state index in [4.69, 9.17) is 5.73 Å². The number of benzene rings is 1. The summed E-state index contributed by atoms with van der Waals surface area (Å²) >= 11 is 0. The van der Waals surface area contributed by atoms with Crippen molar-refractivity contribution in [3.05, 3.63) is 29.3 Å². The van der Waals surface area contributed by atoms with Crippen molar-refractivity contribution in [2.45, 2.75) is 32.5 Å². The van der Waals surface area contributed by atoms with Crippen molar-refractivity contribution < 1.29 is 13.2 Å². The predicted molar refractivity (Wildman–Crippen MR) is 69.9 cm³/mol. The zero-order valence-electron chi connectivity index (χ0n) is 11.0. The maximum Gasteiger partial charge on any atom is 0.418 e. The molecular weight excluding hydrogens is 253 g/mol. The van der Waals surface area contributed by atoms with Gasteiger partial charge in [0, 0.05) is 25.3 Å². The van der Waals surface area contributed by atoms with Gasteiger partial charge >= 0.3 is 6.18 Å². The molecule has 2 nitrogen and oxygen atoms in total. The first-order valence-electron chi connectivity index (χ1n) is 6.60. The van der Waals surface area contributed by atoms with Gasteiger partial charge in [0.25, 0.3) is 0 Å². The van der Waals surface area contributed by atoms with Crippen LogP contribution in [0.3, 0.4) is 0 Å². The van der Waals surface area contributed by atoms with Crippen LogP contribution in [0.15, 0.2) is 18.2 Å². The molecule has 0 unspecified atom stereocenters. The van der Waals surface area contributed by atoms with Crippen molar-refractivity contribution in [3.8, 4) is 0 Å². The van der Waals surface area contributed by atoms with Gasteiger partial charge in [-0.2, -0.15) is 13.2 Å². The van der Waals surface area contributed by atoms with Crippen molar-refractivity contribution in [2.24, 2.45) is 11.7 Å². The first-order valence-corrected chi connectivity index (χ1v) is 6.60. The number of nitrogens with two attached hydrogens (primary N) is 1. The van der Waals surface area contributed by atoms with Gasteiger partial charge in [0.2, 0.25) is 0 Å². The number of halogens is 3. The molecule has 5 heteroatoms. The lowest BCUT2D eigenvalue weighted by atomic mass is 10.1. The van der Waals surface area contributed by atoms with Crippen molar-refractivity contribution in [1.82, 2.24) is 0 Å². The molecule has 19 heavy (non-hydrogen) atoms. The zero-order chi connectivity index (χ0) is 14.0. The molecule has 1 aliphatic carbocycles. The molecule has 0 heterocycles. The standard InChI is InChI=1S/C14H19F3N2/c1-2-19(9-10-3-4-10)13-6-5-11(8-18)7-12(13)14(15,16)17/h5-7,10H,2-4,8-9,18H2,1H3. The fourth-order valence-electron chi connectivity index (χ4n) is 2.22. The minimum atomic E-state index is -4.34. The number of hydrogen-bond acceptors (Lipinski definition) is 2. The Morgan fingerprint density at radius 2 is 2.00 bits per heavy atom. The first kappa shape index (κ1) is 14.2. The number of nitrogens with zero attached hydrogens (tertiary/aromatic N) is 1. The van der Waals surface area contributed by atoms with Gasteiger partial charge in [0.05, 0.1) is 5.56 Å². The molecule has 0 spiro atoms. The molecule has 0 atom stereocenters. The number of rotatable bonds is 5. The predicted octanol–water partition coefficient (Wildman–Crippen LogP) is 3.40. The molecule has 2 rings (SSSR count). The Hall–Kier alpha value is -1.23. The van der Waals surface area contributed by atoms with E-state index in [1.807, 2.05) is 11.8 Å². The van der Waals surface area contributed by atoms with E-state index in [0.717, 1.165) is 12.8 Å². The largest absolute Gasteiger partial charge is 0.418 e. The van der Waals surface area contributed by atoms with Gasteiger partial charge in [0.1, 0.15) is 0 Å². The fourth-order valence-corrected chi connectivity index (χ4v) is 2.22. The molecule has 0 saturated heterocycles. The van der Waals surface area contributed by atoms with Crippen LogP contribution in [0.4, 0.5) is 18.9 Å². The number of hydrogen-bond donors (Lipinski definition) is 1. The molecule has 0 amide bonds. The van der Waals surface area contributed by atoms with Crippen LogP contribution in [0, 0.1) is 5.92 Å². The van der Waals surface area contributed by atoms with E-state index in [1.165, 1.54) is 6.07 Å². The van der Waals surface area contributed by atoms with Crippen LogP contribution < -0.4 is 10.6 Å². The third-order valence-electron chi connectivity index (χ3n) is 3.50. The average Bonchev–Trinajstić information content (AvgIpc) is 3.18. The smallest absolute Gasteiger partial charge is 0.371 e.